The number of allylic oxidation sites excluding steroid dienone is 2. The van der Waals surface area contributed by atoms with Crippen LogP contribution in [0.3, 0.4) is 0 Å². The molecular weight excluding hydrogens is 260 g/mol. The van der Waals surface area contributed by atoms with Crippen LogP contribution < -0.4 is 0 Å². The molecule has 2 heteroatoms. The Morgan fingerprint density at radius 1 is 1.14 bits per heavy atom. The topological polar surface area (TPSA) is 29.5 Å². The number of hydrogen-bond donors (Lipinski definition) is 1. The van der Waals surface area contributed by atoms with E-state index in [1.54, 1.807) is 0 Å². The molecule has 2 atom stereocenters. The van der Waals surface area contributed by atoms with Gasteiger partial charge in [-0.1, -0.05) is 64.1 Å². The van der Waals surface area contributed by atoms with Crippen molar-refractivity contribution in [3.63, 3.8) is 0 Å². The van der Waals surface area contributed by atoms with Crippen molar-refractivity contribution in [2.45, 2.75) is 34.3 Å². The first-order valence-electron chi connectivity index (χ1n) is 7.62. The van der Waals surface area contributed by atoms with Crippen LogP contribution in [0.5, 0.6) is 0 Å². The molecule has 0 fully saturated rings. The average Bonchev–Trinajstić information content (AvgIpc) is 2.45. The van der Waals surface area contributed by atoms with Crippen molar-refractivity contribution in [1.82, 2.24) is 0 Å². The van der Waals surface area contributed by atoms with Gasteiger partial charge in [-0.3, -0.25) is 0 Å². The number of hydrogen-bond acceptors (Lipinski definition) is 2. The van der Waals surface area contributed by atoms with Crippen LogP contribution in [0.2, 0.25) is 0 Å². The summed E-state index contributed by atoms with van der Waals surface area (Å²) in [4.78, 5) is 0. The Morgan fingerprint density at radius 2 is 1.81 bits per heavy atom. The molecule has 2 unspecified atom stereocenters. The zero-order chi connectivity index (χ0) is 15.5. The Balaban J connectivity index is 2.13. The van der Waals surface area contributed by atoms with Crippen molar-refractivity contribution in [2.24, 2.45) is 17.3 Å². The summed E-state index contributed by atoms with van der Waals surface area (Å²) in [7, 11) is 0. The monoisotopic (exact) mass is 286 g/mol. The van der Waals surface area contributed by atoms with Crippen LogP contribution in [-0.2, 0) is 11.3 Å². The van der Waals surface area contributed by atoms with Gasteiger partial charge in [0.25, 0.3) is 0 Å². The first-order valence-corrected chi connectivity index (χ1v) is 7.62. The maximum absolute atomic E-state index is 9.74. The third-order valence-electron chi connectivity index (χ3n) is 4.27. The van der Waals surface area contributed by atoms with Crippen LogP contribution in [0.25, 0.3) is 0 Å². The summed E-state index contributed by atoms with van der Waals surface area (Å²) < 4.78 is 5.94. The van der Waals surface area contributed by atoms with Gasteiger partial charge in [-0.15, -0.1) is 0 Å². The van der Waals surface area contributed by atoms with Gasteiger partial charge in [0.2, 0.25) is 0 Å². The van der Waals surface area contributed by atoms with E-state index in [0.717, 1.165) is 16.9 Å². The molecule has 114 valence electrons. The number of aliphatic hydroxyl groups excluding tert-OH is 1. The molecule has 0 saturated heterocycles. The Morgan fingerprint density at radius 3 is 2.38 bits per heavy atom. The molecule has 1 aliphatic carbocycles. The SMILES string of the molecule is CC1C(CO)=C(OCc2ccccc2)C=CC1C(C)(C)C. The van der Waals surface area contributed by atoms with Crippen LogP contribution in [-0.4, -0.2) is 11.7 Å². The molecule has 0 amide bonds. The van der Waals surface area contributed by atoms with E-state index in [2.05, 4.69) is 33.8 Å². The molecule has 21 heavy (non-hydrogen) atoms. The molecule has 1 aromatic rings. The van der Waals surface area contributed by atoms with Crippen LogP contribution in [0.15, 0.2) is 53.8 Å². The van der Waals surface area contributed by atoms with Gasteiger partial charge in [0, 0.05) is 5.57 Å². The molecule has 1 N–H and O–H groups in total. The highest BCUT2D eigenvalue weighted by Crippen LogP contribution is 2.40. The van der Waals surface area contributed by atoms with E-state index >= 15 is 0 Å². The van der Waals surface area contributed by atoms with E-state index in [9.17, 15) is 5.11 Å². The van der Waals surface area contributed by atoms with E-state index < -0.39 is 0 Å². The fraction of sp³-hybridized carbons (Fsp3) is 0.474. The predicted octanol–water partition coefficient (Wildman–Crippen LogP) is 4.32. The molecule has 0 radical (unpaired) electrons. The molecule has 2 rings (SSSR count). The van der Waals surface area contributed by atoms with Gasteiger partial charge in [-0.05, 0) is 28.9 Å². The lowest BCUT2D eigenvalue weighted by molar-refractivity contribution is 0.169. The highest BCUT2D eigenvalue weighted by molar-refractivity contribution is 5.30. The summed E-state index contributed by atoms with van der Waals surface area (Å²) in [6.45, 7) is 9.49. The lowest BCUT2D eigenvalue weighted by Crippen LogP contribution is -2.30. The zero-order valence-electron chi connectivity index (χ0n) is 13.5. The normalized spacial score (nSPS) is 22.5. The summed E-state index contributed by atoms with van der Waals surface area (Å²) in [5.74, 6) is 1.55. The second kappa shape index (κ2) is 6.48. The molecule has 2 nitrogen and oxygen atoms in total. The molecule has 1 aliphatic rings. The third kappa shape index (κ3) is 3.76. The van der Waals surface area contributed by atoms with E-state index in [1.165, 1.54) is 0 Å². The van der Waals surface area contributed by atoms with Gasteiger partial charge in [-0.2, -0.15) is 0 Å². The van der Waals surface area contributed by atoms with Gasteiger partial charge in [0.05, 0.1) is 6.61 Å². The van der Waals surface area contributed by atoms with Crippen LogP contribution in [0.4, 0.5) is 0 Å². The van der Waals surface area contributed by atoms with Crippen molar-refractivity contribution >= 4 is 0 Å². The summed E-state index contributed by atoms with van der Waals surface area (Å²) in [6.07, 6.45) is 4.26. The lowest BCUT2D eigenvalue weighted by atomic mass is 9.69. The van der Waals surface area contributed by atoms with E-state index in [0.29, 0.717) is 18.4 Å². The maximum atomic E-state index is 9.74. The third-order valence-corrected chi connectivity index (χ3v) is 4.27. The van der Waals surface area contributed by atoms with Gasteiger partial charge in [0.15, 0.2) is 0 Å². The Bertz CT molecular complexity index is 520. The predicted molar refractivity (Wildman–Crippen MR) is 86.6 cm³/mol. The number of ether oxygens (including phenoxy) is 1. The van der Waals surface area contributed by atoms with Gasteiger partial charge in [-0.25, -0.2) is 0 Å². The standard InChI is InChI=1S/C19H26O2/c1-14-16(12-20)18(11-10-17(14)19(2,3)4)21-13-15-8-6-5-7-9-15/h5-11,14,17,20H,12-13H2,1-4H3. The second-order valence-corrected chi connectivity index (χ2v) is 6.86. The highest BCUT2D eigenvalue weighted by Gasteiger charge is 2.33. The molecule has 1 aromatic carbocycles. The largest absolute Gasteiger partial charge is 0.489 e. The van der Waals surface area contributed by atoms with Crippen molar-refractivity contribution in [3.8, 4) is 0 Å². The molecule has 0 aliphatic heterocycles. The van der Waals surface area contributed by atoms with Gasteiger partial charge in [0.1, 0.15) is 12.4 Å². The Hall–Kier alpha value is -1.54. The summed E-state index contributed by atoms with van der Waals surface area (Å²) in [5, 5.41) is 9.74. The van der Waals surface area contributed by atoms with E-state index in [-0.39, 0.29) is 12.0 Å². The Kier molecular flexibility index (Phi) is 4.89. The quantitative estimate of drug-likeness (QED) is 0.893. The van der Waals surface area contributed by atoms with Crippen molar-refractivity contribution < 1.29 is 9.84 Å². The summed E-state index contributed by atoms with van der Waals surface area (Å²) in [5.41, 5.74) is 2.33. The van der Waals surface area contributed by atoms with Crippen LogP contribution >= 0.6 is 0 Å². The van der Waals surface area contributed by atoms with Crippen molar-refractivity contribution in [3.05, 3.63) is 59.4 Å². The van der Waals surface area contributed by atoms with Crippen LogP contribution in [0, 0.1) is 17.3 Å². The number of benzene rings is 1. The van der Waals surface area contributed by atoms with Crippen LogP contribution in [0.1, 0.15) is 33.3 Å². The molecule has 0 bridgehead atoms. The minimum atomic E-state index is 0.0577. The number of rotatable bonds is 4. The minimum absolute atomic E-state index is 0.0577. The average molecular weight is 286 g/mol. The van der Waals surface area contributed by atoms with Crippen molar-refractivity contribution in [2.75, 3.05) is 6.61 Å². The first kappa shape index (κ1) is 15.8. The van der Waals surface area contributed by atoms with Crippen molar-refractivity contribution in [1.29, 1.82) is 0 Å². The zero-order valence-corrected chi connectivity index (χ0v) is 13.5. The first-order chi connectivity index (χ1) is 9.93. The molecule has 0 aromatic heterocycles. The van der Waals surface area contributed by atoms with Gasteiger partial charge >= 0.3 is 0 Å². The number of aliphatic hydroxyl groups is 1. The van der Waals surface area contributed by atoms with E-state index in [4.69, 9.17) is 4.74 Å². The molecule has 0 heterocycles. The maximum Gasteiger partial charge on any atom is 0.121 e. The smallest absolute Gasteiger partial charge is 0.121 e. The second-order valence-electron chi connectivity index (χ2n) is 6.86. The molecule has 0 saturated carbocycles. The summed E-state index contributed by atoms with van der Waals surface area (Å²) in [6, 6.07) is 10.1. The molecular formula is C19H26O2. The Labute approximate surface area is 128 Å². The highest BCUT2D eigenvalue weighted by atomic mass is 16.5. The molecule has 0 spiro atoms. The van der Waals surface area contributed by atoms with Gasteiger partial charge < -0.3 is 9.84 Å². The summed E-state index contributed by atoms with van der Waals surface area (Å²) >= 11 is 0. The fourth-order valence-corrected chi connectivity index (χ4v) is 3.04. The fourth-order valence-electron chi connectivity index (χ4n) is 3.04. The minimum Gasteiger partial charge on any atom is -0.489 e. The van der Waals surface area contributed by atoms with E-state index in [1.807, 2.05) is 36.4 Å². The lowest BCUT2D eigenvalue weighted by Gasteiger charge is -2.37.